The van der Waals surface area contributed by atoms with Crippen LogP contribution in [0.25, 0.3) is 11.1 Å². The number of ether oxygens (including phenoxy) is 1. The molecule has 1 aliphatic rings. The number of aliphatic hydroxyl groups excluding tert-OH is 2. The van der Waals surface area contributed by atoms with Gasteiger partial charge in [0.25, 0.3) is 0 Å². The molecule has 3 rings (SSSR count). The number of hydrogen-bond donors (Lipinski definition) is 4. The highest BCUT2D eigenvalue weighted by atomic mass is 31.2. The highest BCUT2D eigenvalue weighted by molar-refractivity contribution is 7.47. The average Bonchev–Trinajstić information content (AvgIpc) is 3.14. The van der Waals surface area contributed by atoms with Gasteiger partial charge in [-0.3, -0.25) is 18.1 Å². The fraction of sp³-hybridized carbons (Fsp3) is 0.455. The fourth-order valence-corrected chi connectivity index (χ4v) is 5.23. The molecule has 0 aromatic heterocycles. The number of phosphoric acid groups is 2. The first kappa shape index (κ1) is 28.1. The number of benzene rings is 2. The summed E-state index contributed by atoms with van der Waals surface area (Å²) in [6, 6.07) is 14.5. The van der Waals surface area contributed by atoms with Crippen molar-refractivity contribution < 1.29 is 52.0 Å². The highest BCUT2D eigenvalue weighted by Crippen LogP contribution is 2.49. The quantitative estimate of drug-likeness (QED) is 0.297. The molecule has 1 fully saturated rings. The second-order valence-corrected chi connectivity index (χ2v) is 11.0. The van der Waals surface area contributed by atoms with Gasteiger partial charge in [0, 0.05) is 0 Å². The Morgan fingerprint density at radius 1 is 0.943 bits per heavy atom. The van der Waals surface area contributed by atoms with Crippen molar-refractivity contribution in [1.29, 1.82) is 0 Å². The maximum Gasteiger partial charge on any atom is 0.472 e. The van der Waals surface area contributed by atoms with Gasteiger partial charge in [-0.2, -0.15) is 0 Å². The van der Waals surface area contributed by atoms with Crippen molar-refractivity contribution in [2.45, 2.75) is 51.5 Å². The lowest BCUT2D eigenvalue weighted by atomic mass is 10.0. The molecule has 5 atom stereocenters. The SMILES string of the molecule is CC(C)OP(=O)(O)OC[C@H]1OC[C@H](O)[C@@H]1OP(=O)(O)OCc1ccc(-c2ccc(CO)cc2)cc1. The summed E-state index contributed by atoms with van der Waals surface area (Å²) in [5, 5.41) is 19.2. The lowest BCUT2D eigenvalue weighted by Gasteiger charge is -2.24. The first-order valence-electron chi connectivity index (χ1n) is 10.9. The molecule has 0 bridgehead atoms. The van der Waals surface area contributed by atoms with E-state index >= 15 is 0 Å². The molecule has 13 heteroatoms. The van der Waals surface area contributed by atoms with Crippen molar-refractivity contribution in [2.24, 2.45) is 0 Å². The minimum absolute atomic E-state index is 0.0353. The van der Waals surface area contributed by atoms with Crippen LogP contribution in [0.1, 0.15) is 25.0 Å². The van der Waals surface area contributed by atoms with E-state index in [0.29, 0.717) is 5.56 Å². The highest BCUT2D eigenvalue weighted by Gasteiger charge is 2.43. The zero-order valence-electron chi connectivity index (χ0n) is 19.3. The molecule has 11 nitrogen and oxygen atoms in total. The summed E-state index contributed by atoms with van der Waals surface area (Å²) in [5.74, 6) is 0. The molecule has 194 valence electrons. The summed E-state index contributed by atoms with van der Waals surface area (Å²) in [7, 11) is -9.00. The Kier molecular flexibility index (Phi) is 9.79. The van der Waals surface area contributed by atoms with Crippen LogP contribution in [-0.4, -0.2) is 57.6 Å². The molecule has 2 aromatic rings. The minimum atomic E-state index is -4.63. The zero-order valence-corrected chi connectivity index (χ0v) is 21.1. The van der Waals surface area contributed by atoms with Crippen LogP contribution in [0.5, 0.6) is 0 Å². The largest absolute Gasteiger partial charge is 0.472 e. The molecular weight excluding hydrogens is 502 g/mol. The van der Waals surface area contributed by atoms with Crippen LogP contribution in [0.3, 0.4) is 0 Å². The summed E-state index contributed by atoms with van der Waals surface area (Å²) in [4.78, 5) is 19.8. The monoisotopic (exact) mass is 532 g/mol. The Balaban J connectivity index is 1.55. The Labute approximate surface area is 203 Å². The van der Waals surface area contributed by atoms with Gasteiger partial charge < -0.3 is 24.7 Å². The van der Waals surface area contributed by atoms with Crippen LogP contribution in [0, 0.1) is 0 Å². The number of hydrogen-bond acceptors (Lipinski definition) is 9. The van der Waals surface area contributed by atoms with E-state index in [4.69, 9.17) is 27.9 Å². The van der Waals surface area contributed by atoms with Gasteiger partial charge in [-0.15, -0.1) is 0 Å². The number of aliphatic hydroxyl groups is 2. The van der Waals surface area contributed by atoms with Crippen molar-refractivity contribution >= 4 is 15.6 Å². The van der Waals surface area contributed by atoms with E-state index in [1.165, 1.54) is 0 Å². The molecule has 2 aromatic carbocycles. The van der Waals surface area contributed by atoms with Gasteiger partial charge >= 0.3 is 15.6 Å². The third-order valence-corrected chi connectivity index (χ3v) is 7.17. The molecule has 1 saturated heterocycles. The summed E-state index contributed by atoms with van der Waals surface area (Å²) >= 11 is 0. The van der Waals surface area contributed by atoms with Gasteiger partial charge in [0.2, 0.25) is 0 Å². The lowest BCUT2D eigenvalue weighted by Crippen LogP contribution is -2.35. The van der Waals surface area contributed by atoms with Crippen LogP contribution >= 0.6 is 15.6 Å². The normalized spacial score (nSPS) is 23.8. The Bertz CT molecular complexity index is 1040. The molecule has 2 unspecified atom stereocenters. The van der Waals surface area contributed by atoms with E-state index in [1.807, 2.05) is 36.4 Å². The Morgan fingerprint density at radius 2 is 1.51 bits per heavy atom. The van der Waals surface area contributed by atoms with E-state index in [2.05, 4.69) is 0 Å². The molecular formula is C22H30O11P2. The molecule has 0 radical (unpaired) electrons. The van der Waals surface area contributed by atoms with Crippen molar-refractivity contribution in [3.05, 3.63) is 59.7 Å². The maximum atomic E-state index is 12.5. The van der Waals surface area contributed by atoms with E-state index in [9.17, 15) is 24.0 Å². The Hall–Kier alpha value is -1.46. The molecule has 0 aliphatic carbocycles. The predicted molar refractivity (Wildman–Crippen MR) is 125 cm³/mol. The van der Waals surface area contributed by atoms with Crippen molar-refractivity contribution in [3.63, 3.8) is 0 Å². The van der Waals surface area contributed by atoms with Gasteiger partial charge in [-0.25, -0.2) is 9.13 Å². The van der Waals surface area contributed by atoms with E-state index < -0.39 is 46.7 Å². The van der Waals surface area contributed by atoms with Crippen LogP contribution in [0.15, 0.2) is 48.5 Å². The van der Waals surface area contributed by atoms with Crippen molar-refractivity contribution in [1.82, 2.24) is 0 Å². The van der Waals surface area contributed by atoms with Gasteiger partial charge in [-0.05, 0) is 36.1 Å². The third kappa shape index (κ3) is 8.56. The van der Waals surface area contributed by atoms with Crippen LogP contribution in [-0.2, 0) is 45.2 Å². The molecule has 0 amide bonds. The first-order chi connectivity index (χ1) is 16.5. The molecule has 1 heterocycles. The second-order valence-electron chi connectivity index (χ2n) is 8.22. The smallest absolute Gasteiger partial charge is 0.392 e. The van der Waals surface area contributed by atoms with Gasteiger partial charge in [0.1, 0.15) is 18.3 Å². The molecule has 35 heavy (non-hydrogen) atoms. The van der Waals surface area contributed by atoms with Crippen molar-refractivity contribution in [2.75, 3.05) is 13.2 Å². The fourth-order valence-electron chi connectivity index (χ4n) is 3.34. The van der Waals surface area contributed by atoms with Crippen molar-refractivity contribution in [3.8, 4) is 11.1 Å². The molecule has 4 N–H and O–H groups in total. The van der Waals surface area contributed by atoms with Crippen LogP contribution < -0.4 is 0 Å². The van der Waals surface area contributed by atoms with Gasteiger partial charge in [-0.1, -0.05) is 48.5 Å². The summed E-state index contributed by atoms with van der Waals surface area (Å²) < 4.78 is 49.4. The molecule has 0 saturated carbocycles. The van der Waals surface area contributed by atoms with E-state index in [0.717, 1.165) is 16.7 Å². The summed E-state index contributed by atoms with van der Waals surface area (Å²) in [6.45, 7) is 2.10. The molecule has 1 aliphatic heterocycles. The minimum Gasteiger partial charge on any atom is -0.392 e. The van der Waals surface area contributed by atoms with Crippen LogP contribution in [0.4, 0.5) is 0 Å². The van der Waals surface area contributed by atoms with Crippen LogP contribution in [0.2, 0.25) is 0 Å². The lowest BCUT2D eigenvalue weighted by molar-refractivity contribution is -0.0150. The average molecular weight is 532 g/mol. The predicted octanol–water partition coefficient (Wildman–Crippen LogP) is 3.15. The zero-order chi connectivity index (χ0) is 25.6. The Morgan fingerprint density at radius 3 is 2.06 bits per heavy atom. The number of rotatable bonds is 12. The number of phosphoric ester groups is 2. The topological polar surface area (TPSA) is 161 Å². The van der Waals surface area contributed by atoms with Gasteiger partial charge in [0.15, 0.2) is 0 Å². The van der Waals surface area contributed by atoms with E-state index in [-0.39, 0.29) is 19.8 Å². The first-order valence-corrected chi connectivity index (χ1v) is 13.9. The standard InChI is InChI=1S/C22H30O11P2/c1-15(2)32-34(25,26)31-14-21-22(20(24)13-29-21)33-35(27,28)30-12-17-5-9-19(10-6-17)18-7-3-16(11-23)4-8-18/h3-10,15,20-24H,11-14H2,1-2H3,(H,25,26)(H,27,28)/t20-,21+,22-/m0/s1. The summed E-state index contributed by atoms with van der Waals surface area (Å²) in [5.41, 5.74) is 3.27. The third-order valence-electron chi connectivity index (χ3n) is 5.05. The van der Waals surface area contributed by atoms with E-state index in [1.54, 1.807) is 26.0 Å². The second kappa shape index (κ2) is 12.2. The maximum absolute atomic E-state index is 12.5. The summed E-state index contributed by atoms with van der Waals surface area (Å²) in [6.07, 6.45) is -4.26. The van der Waals surface area contributed by atoms with Gasteiger partial charge in [0.05, 0.1) is 32.5 Å². The molecule has 0 spiro atoms.